The topological polar surface area (TPSA) is 32.5 Å². The highest BCUT2D eigenvalue weighted by molar-refractivity contribution is 5.23. The summed E-state index contributed by atoms with van der Waals surface area (Å²) in [4.78, 5) is 4.92. The van der Waals surface area contributed by atoms with Crippen LogP contribution >= 0.6 is 0 Å². The van der Waals surface area contributed by atoms with E-state index < -0.39 is 0 Å². The molecule has 3 nitrogen and oxygen atoms in total. The molecule has 108 valence electrons. The Hall–Kier alpha value is -1.90. The van der Waals surface area contributed by atoms with Crippen LogP contribution in [-0.4, -0.2) is 36.0 Å². The Morgan fingerprint density at radius 2 is 1.80 bits per heavy atom. The van der Waals surface area contributed by atoms with E-state index in [0.717, 1.165) is 38.3 Å². The summed E-state index contributed by atoms with van der Waals surface area (Å²) in [5, 5.41) is 0. The van der Waals surface area contributed by atoms with Crippen LogP contribution in [0.4, 0.5) is 0 Å². The third kappa shape index (κ3) is 4.05. The van der Waals surface area contributed by atoms with Crippen molar-refractivity contribution in [2.75, 3.05) is 26.2 Å². The fourth-order valence-corrected chi connectivity index (χ4v) is 2.50. The van der Waals surface area contributed by atoms with E-state index >= 15 is 0 Å². The lowest BCUT2D eigenvalue weighted by Crippen LogP contribution is -2.44. The Morgan fingerprint density at radius 1 is 1.05 bits per heavy atom. The normalized spacial score (nSPS) is 21.0. The molecule has 2 aliphatic rings. The lowest BCUT2D eigenvalue weighted by molar-refractivity contribution is 0.190. The number of nitrogens with two attached hydrogens (primary N) is 1. The van der Waals surface area contributed by atoms with Crippen LogP contribution < -0.4 is 5.73 Å². The van der Waals surface area contributed by atoms with Gasteiger partial charge >= 0.3 is 0 Å². The Kier molecular flexibility index (Phi) is 5.10. The fourth-order valence-electron chi connectivity index (χ4n) is 2.50. The highest BCUT2D eigenvalue weighted by atomic mass is 15.3. The van der Waals surface area contributed by atoms with Crippen LogP contribution in [0.25, 0.3) is 0 Å². The highest BCUT2D eigenvalue weighted by Gasteiger charge is 2.18. The van der Waals surface area contributed by atoms with E-state index in [9.17, 15) is 0 Å². The first-order valence-corrected chi connectivity index (χ1v) is 7.30. The molecule has 0 aromatic rings. The van der Waals surface area contributed by atoms with Crippen molar-refractivity contribution in [1.82, 2.24) is 9.80 Å². The van der Waals surface area contributed by atoms with Crippen LogP contribution in [-0.2, 0) is 0 Å². The van der Waals surface area contributed by atoms with Crippen LogP contribution in [0.3, 0.4) is 0 Å². The molecule has 2 rings (SSSR count). The molecule has 1 aliphatic carbocycles. The van der Waals surface area contributed by atoms with Crippen LogP contribution in [0, 0.1) is 0 Å². The molecule has 1 heterocycles. The molecular weight excluding hydrogens is 246 g/mol. The van der Waals surface area contributed by atoms with Crippen LogP contribution in [0.1, 0.15) is 20.3 Å². The zero-order chi connectivity index (χ0) is 14.4. The third-order valence-corrected chi connectivity index (χ3v) is 3.75. The van der Waals surface area contributed by atoms with E-state index in [0.29, 0.717) is 0 Å². The average molecular weight is 271 g/mol. The van der Waals surface area contributed by atoms with Crippen molar-refractivity contribution in [1.29, 1.82) is 0 Å². The lowest BCUT2D eigenvalue weighted by Gasteiger charge is -2.38. The molecular formula is C17H25N3. The summed E-state index contributed by atoms with van der Waals surface area (Å²) < 4.78 is 0. The Balaban J connectivity index is 1.91. The van der Waals surface area contributed by atoms with Crippen LogP contribution in [0.2, 0.25) is 0 Å². The second-order valence-corrected chi connectivity index (χ2v) is 5.37. The second kappa shape index (κ2) is 7.04. The van der Waals surface area contributed by atoms with E-state index in [-0.39, 0.29) is 0 Å². The number of nitrogens with zero attached hydrogens (tertiary/aromatic N) is 2. The Labute approximate surface area is 122 Å². The van der Waals surface area contributed by atoms with Gasteiger partial charge in [0.25, 0.3) is 0 Å². The average Bonchev–Trinajstić information content (AvgIpc) is 2.74. The van der Waals surface area contributed by atoms with Crippen molar-refractivity contribution < 1.29 is 0 Å². The first-order valence-electron chi connectivity index (χ1n) is 7.30. The SMILES string of the molecule is C/C(N)=C\C=C(/C)N1CCN(C2=CC=CC=CC2)CC1. The fraction of sp³-hybridized carbons (Fsp3) is 0.412. The van der Waals surface area contributed by atoms with Gasteiger partial charge in [-0.2, -0.15) is 0 Å². The molecule has 1 fully saturated rings. The maximum atomic E-state index is 5.67. The van der Waals surface area contributed by atoms with Gasteiger partial charge in [0.05, 0.1) is 0 Å². The van der Waals surface area contributed by atoms with Gasteiger partial charge in [0, 0.05) is 49.7 Å². The van der Waals surface area contributed by atoms with E-state index in [2.05, 4.69) is 53.2 Å². The maximum absolute atomic E-state index is 5.67. The largest absolute Gasteiger partial charge is 0.402 e. The zero-order valence-electron chi connectivity index (χ0n) is 12.5. The van der Waals surface area contributed by atoms with Gasteiger partial charge in [0.15, 0.2) is 0 Å². The summed E-state index contributed by atoms with van der Waals surface area (Å²) in [5.74, 6) is 0. The molecule has 0 unspecified atom stereocenters. The molecule has 1 aliphatic heterocycles. The quantitative estimate of drug-likeness (QED) is 0.801. The van der Waals surface area contributed by atoms with Crippen molar-refractivity contribution in [2.45, 2.75) is 20.3 Å². The lowest BCUT2D eigenvalue weighted by atomic mass is 10.2. The minimum absolute atomic E-state index is 0.852. The summed E-state index contributed by atoms with van der Waals surface area (Å²) in [6.45, 7) is 8.40. The van der Waals surface area contributed by atoms with Crippen molar-refractivity contribution in [3.05, 3.63) is 59.6 Å². The van der Waals surface area contributed by atoms with E-state index in [4.69, 9.17) is 5.73 Å². The van der Waals surface area contributed by atoms with Gasteiger partial charge in [-0.15, -0.1) is 0 Å². The Bertz CT molecular complexity index is 468. The first-order chi connectivity index (χ1) is 9.66. The van der Waals surface area contributed by atoms with Crippen molar-refractivity contribution in [3.63, 3.8) is 0 Å². The van der Waals surface area contributed by atoms with Gasteiger partial charge in [-0.25, -0.2) is 0 Å². The minimum Gasteiger partial charge on any atom is -0.402 e. The van der Waals surface area contributed by atoms with E-state index in [1.807, 2.05) is 13.0 Å². The summed E-state index contributed by atoms with van der Waals surface area (Å²) in [5.41, 5.74) is 9.25. The molecule has 3 heteroatoms. The molecule has 0 aromatic heterocycles. The standard InChI is InChI=1S/C17H25N3/c1-15(18)9-10-16(2)19-11-13-20(14-12-19)17-7-5-3-4-6-8-17/h3-7,9-10H,8,11-14,18H2,1-2H3/b15-9+,16-10+. The monoisotopic (exact) mass is 271 g/mol. The minimum atomic E-state index is 0.852. The highest BCUT2D eigenvalue weighted by Crippen LogP contribution is 2.17. The molecule has 0 saturated carbocycles. The first kappa shape index (κ1) is 14.5. The molecule has 20 heavy (non-hydrogen) atoms. The summed E-state index contributed by atoms with van der Waals surface area (Å²) in [6.07, 6.45) is 15.9. The van der Waals surface area contributed by atoms with Crippen LogP contribution in [0.5, 0.6) is 0 Å². The van der Waals surface area contributed by atoms with E-state index in [1.54, 1.807) is 0 Å². The summed E-state index contributed by atoms with van der Waals surface area (Å²) >= 11 is 0. The predicted molar refractivity (Wildman–Crippen MR) is 85.8 cm³/mol. The molecule has 0 radical (unpaired) electrons. The predicted octanol–water partition coefficient (Wildman–Crippen LogP) is 2.77. The molecule has 0 amide bonds. The third-order valence-electron chi connectivity index (χ3n) is 3.75. The second-order valence-electron chi connectivity index (χ2n) is 5.37. The van der Waals surface area contributed by atoms with Crippen molar-refractivity contribution in [2.24, 2.45) is 5.73 Å². The number of rotatable bonds is 3. The summed E-state index contributed by atoms with van der Waals surface area (Å²) in [7, 11) is 0. The molecule has 1 saturated heterocycles. The number of allylic oxidation sites excluding steroid dienone is 9. The molecule has 0 bridgehead atoms. The molecule has 0 spiro atoms. The molecule has 2 N–H and O–H groups in total. The van der Waals surface area contributed by atoms with Crippen molar-refractivity contribution >= 4 is 0 Å². The number of piperazine rings is 1. The van der Waals surface area contributed by atoms with Gasteiger partial charge in [-0.1, -0.05) is 24.3 Å². The van der Waals surface area contributed by atoms with Gasteiger partial charge in [0.1, 0.15) is 0 Å². The zero-order valence-corrected chi connectivity index (χ0v) is 12.5. The number of hydrogen-bond donors (Lipinski definition) is 1. The van der Waals surface area contributed by atoms with Crippen molar-refractivity contribution in [3.8, 4) is 0 Å². The molecule has 0 atom stereocenters. The Morgan fingerprint density at radius 3 is 2.50 bits per heavy atom. The van der Waals surface area contributed by atoms with Gasteiger partial charge in [-0.05, 0) is 32.1 Å². The maximum Gasteiger partial charge on any atom is 0.0351 e. The molecule has 0 aromatic carbocycles. The van der Waals surface area contributed by atoms with Gasteiger partial charge in [0.2, 0.25) is 0 Å². The van der Waals surface area contributed by atoms with E-state index in [1.165, 1.54) is 11.4 Å². The van der Waals surface area contributed by atoms with Gasteiger partial charge < -0.3 is 15.5 Å². The smallest absolute Gasteiger partial charge is 0.0351 e. The van der Waals surface area contributed by atoms with Gasteiger partial charge in [-0.3, -0.25) is 0 Å². The summed E-state index contributed by atoms with van der Waals surface area (Å²) in [6, 6.07) is 0. The van der Waals surface area contributed by atoms with Crippen LogP contribution in [0.15, 0.2) is 59.6 Å². The number of hydrogen-bond acceptors (Lipinski definition) is 3.